The van der Waals surface area contributed by atoms with Crippen molar-refractivity contribution in [1.29, 1.82) is 5.26 Å². The lowest BCUT2D eigenvalue weighted by Gasteiger charge is -2.12. The Bertz CT molecular complexity index is 1440. The van der Waals surface area contributed by atoms with Crippen LogP contribution in [-0.4, -0.2) is 32.5 Å². The normalized spacial score (nSPS) is 11.3. The first-order valence-electron chi connectivity index (χ1n) is 10.1. The molecule has 0 spiro atoms. The number of aryl methyl sites for hydroxylation is 1. The fourth-order valence-corrected chi connectivity index (χ4v) is 3.86. The van der Waals surface area contributed by atoms with Gasteiger partial charge in [0.15, 0.2) is 11.5 Å². The van der Waals surface area contributed by atoms with E-state index in [1.807, 2.05) is 6.92 Å². The largest absolute Gasteiger partial charge is 0.493 e. The molecular formula is C25H20N2O7S. The summed E-state index contributed by atoms with van der Waals surface area (Å²) in [4.78, 5) is 23.5. The van der Waals surface area contributed by atoms with Crippen LogP contribution < -0.4 is 14.2 Å². The van der Waals surface area contributed by atoms with Crippen LogP contribution in [-0.2, 0) is 14.9 Å². The zero-order valence-electron chi connectivity index (χ0n) is 18.7. The molecule has 0 fully saturated rings. The van der Waals surface area contributed by atoms with Crippen molar-refractivity contribution in [3.8, 4) is 17.6 Å². The lowest BCUT2D eigenvalue weighted by molar-refractivity contribution is -0.112. The lowest BCUT2D eigenvalue weighted by Crippen LogP contribution is -2.13. The molecule has 3 aromatic rings. The number of hydrogen-bond donors (Lipinski definition) is 2. The van der Waals surface area contributed by atoms with Gasteiger partial charge in [0.2, 0.25) is 0 Å². The summed E-state index contributed by atoms with van der Waals surface area (Å²) in [6, 6.07) is 17.6. The average molecular weight is 493 g/mol. The minimum atomic E-state index is -4.17. The summed E-state index contributed by atoms with van der Waals surface area (Å²) in [5.41, 5.74) is 1.26. The number of amides is 1. The number of carbonyl (C=O) groups is 2. The predicted molar refractivity (Wildman–Crippen MR) is 128 cm³/mol. The Hall–Kier alpha value is -4.62. The van der Waals surface area contributed by atoms with Crippen molar-refractivity contribution in [2.75, 3.05) is 12.4 Å². The number of carboxylic acids is 1. The number of anilines is 1. The summed E-state index contributed by atoms with van der Waals surface area (Å²) < 4.78 is 35.9. The van der Waals surface area contributed by atoms with E-state index in [1.54, 1.807) is 18.2 Å². The third-order valence-electron chi connectivity index (χ3n) is 4.76. The minimum absolute atomic E-state index is 0.0443. The number of nitriles is 1. The summed E-state index contributed by atoms with van der Waals surface area (Å²) in [6.07, 6.45) is 1.26. The van der Waals surface area contributed by atoms with Crippen LogP contribution in [0, 0.1) is 18.3 Å². The smallest absolute Gasteiger partial charge is 0.339 e. The van der Waals surface area contributed by atoms with Gasteiger partial charge < -0.3 is 19.3 Å². The van der Waals surface area contributed by atoms with E-state index in [1.165, 1.54) is 67.8 Å². The number of ether oxygens (including phenoxy) is 1. The number of benzene rings is 3. The van der Waals surface area contributed by atoms with Crippen molar-refractivity contribution >= 4 is 33.8 Å². The summed E-state index contributed by atoms with van der Waals surface area (Å²) in [6.45, 7) is 1.82. The van der Waals surface area contributed by atoms with Gasteiger partial charge in [0.25, 0.3) is 5.91 Å². The third-order valence-corrected chi connectivity index (χ3v) is 6.01. The molecule has 2 N–H and O–H groups in total. The molecule has 1 amide bonds. The molecule has 35 heavy (non-hydrogen) atoms. The lowest BCUT2D eigenvalue weighted by atomic mass is 10.1. The second kappa shape index (κ2) is 10.5. The molecule has 0 aliphatic carbocycles. The maximum atomic E-state index is 12.7. The van der Waals surface area contributed by atoms with E-state index >= 15 is 0 Å². The molecule has 0 aliphatic heterocycles. The van der Waals surface area contributed by atoms with E-state index in [0.29, 0.717) is 11.3 Å². The highest BCUT2D eigenvalue weighted by Crippen LogP contribution is 2.31. The van der Waals surface area contributed by atoms with Gasteiger partial charge in [-0.05, 0) is 67.1 Å². The van der Waals surface area contributed by atoms with Gasteiger partial charge in [0.05, 0.1) is 12.7 Å². The van der Waals surface area contributed by atoms with Crippen LogP contribution >= 0.6 is 0 Å². The first-order chi connectivity index (χ1) is 16.6. The zero-order valence-corrected chi connectivity index (χ0v) is 19.5. The topological polar surface area (TPSA) is 143 Å². The molecule has 0 aliphatic rings. The number of nitrogens with one attached hydrogen (secondary N) is 1. The molecule has 178 valence electrons. The Balaban J connectivity index is 1.86. The van der Waals surface area contributed by atoms with E-state index in [4.69, 9.17) is 14.0 Å². The van der Waals surface area contributed by atoms with Crippen molar-refractivity contribution in [3.05, 3.63) is 89.0 Å². The standard InChI is InChI=1S/C25H20N2O7S/c1-16-3-10-21(11-4-16)35(31,32)34-23-14-17(5-12-22(23)33-2)13-19(15-26)24(28)27-20-8-6-18(7-9-20)25(29)30/h3-14H,1-2H3,(H,27,28)(H,29,30)/b19-13+. The maximum Gasteiger partial charge on any atom is 0.339 e. The van der Waals surface area contributed by atoms with Crippen LogP contribution in [0.25, 0.3) is 6.08 Å². The summed E-state index contributed by atoms with van der Waals surface area (Å²) >= 11 is 0. The first-order valence-corrected chi connectivity index (χ1v) is 11.5. The van der Waals surface area contributed by atoms with E-state index in [2.05, 4.69) is 5.32 Å². The predicted octanol–water partition coefficient (Wildman–Crippen LogP) is 4.02. The van der Waals surface area contributed by atoms with Crippen molar-refractivity contribution in [2.24, 2.45) is 0 Å². The SMILES string of the molecule is COc1ccc(/C=C(\C#N)C(=O)Nc2ccc(C(=O)O)cc2)cc1OS(=O)(=O)c1ccc(C)cc1. The second-order valence-corrected chi connectivity index (χ2v) is 8.81. The number of hydrogen-bond acceptors (Lipinski definition) is 7. The first kappa shape index (κ1) is 25.0. The molecule has 0 saturated carbocycles. The molecule has 0 bridgehead atoms. The Kier molecular flexibility index (Phi) is 7.53. The van der Waals surface area contributed by atoms with Crippen LogP contribution in [0.3, 0.4) is 0 Å². The molecule has 0 radical (unpaired) electrons. The average Bonchev–Trinajstić information content (AvgIpc) is 2.83. The molecule has 9 nitrogen and oxygen atoms in total. The number of methoxy groups -OCH3 is 1. The Morgan fingerprint density at radius 3 is 2.23 bits per heavy atom. The van der Waals surface area contributed by atoms with Gasteiger partial charge in [-0.15, -0.1) is 0 Å². The van der Waals surface area contributed by atoms with Gasteiger partial charge in [-0.3, -0.25) is 4.79 Å². The van der Waals surface area contributed by atoms with E-state index < -0.39 is 22.0 Å². The Morgan fingerprint density at radius 2 is 1.66 bits per heavy atom. The monoisotopic (exact) mass is 492 g/mol. The van der Waals surface area contributed by atoms with Crippen LogP contribution in [0.4, 0.5) is 5.69 Å². The molecular weight excluding hydrogens is 472 g/mol. The number of carbonyl (C=O) groups excluding carboxylic acids is 1. The Labute approximate surface area is 202 Å². The minimum Gasteiger partial charge on any atom is -0.493 e. The summed E-state index contributed by atoms with van der Waals surface area (Å²) in [5.74, 6) is -1.83. The number of aromatic carboxylic acids is 1. The molecule has 0 atom stereocenters. The highest BCUT2D eigenvalue weighted by molar-refractivity contribution is 7.87. The van der Waals surface area contributed by atoms with Crippen LogP contribution in [0.1, 0.15) is 21.5 Å². The van der Waals surface area contributed by atoms with Crippen molar-refractivity contribution in [1.82, 2.24) is 0 Å². The number of carboxylic acid groups (broad SMARTS) is 1. The third kappa shape index (κ3) is 6.25. The quantitative estimate of drug-likeness (QED) is 0.273. The molecule has 3 rings (SSSR count). The van der Waals surface area contributed by atoms with Crippen molar-refractivity contribution in [3.63, 3.8) is 0 Å². The number of rotatable bonds is 8. The van der Waals surface area contributed by atoms with Gasteiger partial charge in [-0.2, -0.15) is 13.7 Å². The van der Waals surface area contributed by atoms with E-state index in [9.17, 15) is 23.3 Å². The number of nitrogens with zero attached hydrogens (tertiary/aromatic N) is 1. The summed E-state index contributed by atoms with van der Waals surface area (Å²) in [7, 11) is -2.82. The highest BCUT2D eigenvalue weighted by atomic mass is 32.2. The Morgan fingerprint density at radius 1 is 1.00 bits per heavy atom. The van der Waals surface area contributed by atoms with Gasteiger partial charge in [-0.25, -0.2) is 4.79 Å². The van der Waals surface area contributed by atoms with Crippen LogP contribution in [0.15, 0.2) is 77.2 Å². The van der Waals surface area contributed by atoms with Gasteiger partial charge in [-0.1, -0.05) is 23.8 Å². The van der Waals surface area contributed by atoms with Gasteiger partial charge in [0.1, 0.15) is 16.5 Å². The molecule has 0 saturated heterocycles. The van der Waals surface area contributed by atoms with Gasteiger partial charge >= 0.3 is 16.1 Å². The fraction of sp³-hybridized carbons (Fsp3) is 0.0800. The van der Waals surface area contributed by atoms with Crippen molar-refractivity contribution < 1.29 is 32.0 Å². The molecule has 10 heteroatoms. The summed E-state index contributed by atoms with van der Waals surface area (Å²) in [5, 5.41) is 20.9. The molecule has 0 heterocycles. The van der Waals surface area contributed by atoms with Crippen LogP contribution in [0.5, 0.6) is 11.5 Å². The van der Waals surface area contributed by atoms with E-state index in [0.717, 1.165) is 5.56 Å². The molecule has 0 aromatic heterocycles. The van der Waals surface area contributed by atoms with Crippen molar-refractivity contribution in [2.45, 2.75) is 11.8 Å². The molecule has 3 aromatic carbocycles. The second-order valence-electron chi connectivity index (χ2n) is 7.27. The van der Waals surface area contributed by atoms with Crippen LogP contribution in [0.2, 0.25) is 0 Å². The van der Waals surface area contributed by atoms with Gasteiger partial charge in [0, 0.05) is 5.69 Å². The van der Waals surface area contributed by atoms with E-state index in [-0.39, 0.29) is 27.5 Å². The maximum absolute atomic E-state index is 12.7. The highest BCUT2D eigenvalue weighted by Gasteiger charge is 2.20. The molecule has 0 unspecified atom stereocenters. The fourth-order valence-electron chi connectivity index (χ4n) is 2.93. The zero-order chi connectivity index (χ0) is 25.6.